The number of anilines is 2. The fourth-order valence-corrected chi connectivity index (χ4v) is 9.58. The van der Waals surface area contributed by atoms with Crippen molar-refractivity contribution in [2.75, 3.05) is 37.3 Å². The van der Waals surface area contributed by atoms with Crippen LogP contribution in [-0.2, 0) is 23.1 Å². The van der Waals surface area contributed by atoms with Crippen molar-refractivity contribution >= 4 is 28.1 Å². The maximum atomic E-state index is 12.4. The molecule has 12 heteroatoms. The summed E-state index contributed by atoms with van der Waals surface area (Å²) in [4.78, 5) is 30.2. The molecule has 2 saturated heterocycles. The molecule has 3 aromatic heterocycles. The second kappa shape index (κ2) is 13.1. The number of aromatic nitrogens is 3. The largest absolute Gasteiger partial charge is 0.473 e. The van der Waals surface area contributed by atoms with E-state index in [0.717, 1.165) is 79.1 Å². The number of aryl methyl sites for hydroxylation is 1. The third kappa shape index (κ3) is 5.97. The van der Waals surface area contributed by atoms with Crippen LogP contribution in [-0.4, -0.2) is 81.7 Å². The average Bonchev–Trinajstić information content (AvgIpc) is 3.73. The molecule has 0 unspecified atom stereocenters. The molecule has 5 atom stereocenters. The van der Waals surface area contributed by atoms with E-state index in [9.17, 15) is 10.1 Å². The smallest absolute Gasteiger partial charge is 0.220 e. The number of likely N-dealkylation sites (N-methyl/N-ethyl adjacent to an activating group) is 1. The van der Waals surface area contributed by atoms with Crippen molar-refractivity contribution in [3.8, 4) is 23.5 Å². The number of amides is 1. The zero-order valence-electron chi connectivity index (χ0n) is 28.8. The predicted octanol–water partition coefficient (Wildman–Crippen LogP) is 5.55. The Labute approximate surface area is 282 Å². The molecule has 0 spiro atoms. The Balaban J connectivity index is 1.45. The van der Waals surface area contributed by atoms with E-state index < -0.39 is 5.41 Å². The number of nitriles is 1. The van der Waals surface area contributed by atoms with Crippen molar-refractivity contribution < 1.29 is 14.1 Å². The van der Waals surface area contributed by atoms with E-state index >= 15 is 0 Å². The molecule has 5 heterocycles. The summed E-state index contributed by atoms with van der Waals surface area (Å²) in [5, 5.41) is 15.3. The van der Waals surface area contributed by atoms with Crippen molar-refractivity contribution in [1.29, 1.82) is 5.26 Å². The summed E-state index contributed by atoms with van der Waals surface area (Å²) in [6, 6.07) is 4.66. The van der Waals surface area contributed by atoms with Crippen LogP contribution in [0.5, 0.6) is 5.88 Å². The van der Waals surface area contributed by atoms with Gasteiger partial charge in [-0.05, 0) is 85.4 Å². The van der Waals surface area contributed by atoms with Crippen LogP contribution in [0.2, 0.25) is 0 Å². The van der Waals surface area contributed by atoms with Crippen molar-refractivity contribution in [2.24, 2.45) is 0 Å². The number of fused-ring (bicyclic) bond motifs is 1. The average molecular weight is 661 g/mol. The van der Waals surface area contributed by atoms with Gasteiger partial charge in [0.1, 0.15) is 23.0 Å². The van der Waals surface area contributed by atoms with Crippen molar-refractivity contribution in [2.45, 2.75) is 116 Å². The molecule has 2 aliphatic heterocycles. The minimum absolute atomic E-state index is 0.0206. The van der Waals surface area contributed by atoms with Gasteiger partial charge in [0, 0.05) is 54.6 Å². The number of thiophene rings is 1. The number of ether oxygens (including phenoxy) is 1. The molecular weight excluding hydrogens is 613 g/mol. The van der Waals surface area contributed by atoms with Crippen LogP contribution in [0, 0.1) is 11.3 Å². The van der Waals surface area contributed by atoms with E-state index in [1.165, 1.54) is 11.3 Å². The molecule has 0 aromatic carbocycles. The van der Waals surface area contributed by atoms with E-state index in [1.807, 2.05) is 11.0 Å². The number of likely N-dealkylation sites (tertiary alicyclic amines) is 1. The molecule has 1 amide bonds. The highest BCUT2D eigenvalue weighted by Crippen LogP contribution is 2.50. The summed E-state index contributed by atoms with van der Waals surface area (Å²) in [6.45, 7) is 14.5. The zero-order chi connectivity index (χ0) is 33.6. The quantitative estimate of drug-likeness (QED) is 0.327. The Kier molecular flexibility index (Phi) is 9.24. The van der Waals surface area contributed by atoms with E-state index in [1.54, 1.807) is 6.92 Å². The summed E-state index contributed by atoms with van der Waals surface area (Å²) in [7, 11) is 2.15. The molecule has 1 aliphatic carbocycles. The molecule has 0 bridgehead atoms. The Hall–Kier alpha value is -3.69. The van der Waals surface area contributed by atoms with Gasteiger partial charge in [0.15, 0.2) is 17.3 Å². The number of carbonyl (C=O) groups is 1. The molecule has 0 radical (unpaired) electrons. The third-order valence-electron chi connectivity index (χ3n) is 10.5. The number of piperazine rings is 1. The van der Waals surface area contributed by atoms with E-state index in [4.69, 9.17) is 25.0 Å². The highest BCUT2D eigenvalue weighted by atomic mass is 32.1. The lowest BCUT2D eigenvalue weighted by atomic mass is 9.69. The Bertz CT molecular complexity index is 1670. The topological polar surface area (TPSA) is 138 Å². The zero-order valence-corrected chi connectivity index (χ0v) is 29.6. The second-order valence-electron chi connectivity index (χ2n) is 14.0. The second-order valence-corrected chi connectivity index (χ2v) is 15.1. The van der Waals surface area contributed by atoms with Crippen LogP contribution in [0.25, 0.3) is 11.5 Å². The molecule has 11 nitrogen and oxygen atoms in total. The van der Waals surface area contributed by atoms with Gasteiger partial charge in [0.05, 0.1) is 11.0 Å². The lowest BCUT2D eigenvalue weighted by molar-refractivity contribution is -0.133. The third-order valence-corrected chi connectivity index (χ3v) is 11.6. The van der Waals surface area contributed by atoms with Gasteiger partial charge >= 0.3 is 0 Å². The Morgan fingerprint density at radius 2 is 2.02 bits per heavy atom. The molecule has 252 valence electrons. The van der Waals surface area contributed by atoms with Gasteiger partial charge in [-0.3, -0.25) is 9.69 Å². The highest BCUT2D eigenvalue weighted by molar-refractivity contribution is 7.16. The fraction of sp³-hybridized carbons (Fsp3) is 0.629. The number of nitrogen functional groups attached to an aromatic ring is 1. The summed E-state index contributed by atoms with van der Waals surface area (Å²) < 4.78 is 12.9. The number of nitrogens with zero attached hydrogens (tertiary/aromatic N) is 7. The Morgan fingerprint density at radius 1 is 1.28 bits per heavy atom. The molecule has 3 aliphatic rings. The molecule has 0 saturated carbocycles. The normalized spacial score (nSPS) is 25.4. The first-order valence-corrected chi connectivity index (χ1v) is 17.9. The van der Waals surface area contributed by atoms with Crippen molar-refractivity contribution in [3.63, 3.8) is 0 Å². The standard InChI is InChI=1S/C35H48N8O3S/c1-8-11-24-31(40-46-32(24)35(6)14-9-13-27-30(35)25(17-36)33(37)47-27)34-38-28(42-18-20(2)43(23(5)44)21(3)19-42)16-29(39-34)45-22(4)26-12-10-15-41(26)7/h16,20-22,26H,8-15,18-19,37H2,1-7H3/t20-,21-,22-,26-,35-/m0/s1. The maximum Gasteiger partial charge on any atom is 0.220 e. The monoisotopic (exact) mass is 660 g/mol. The van der Waals surface area contributed by atoms with Crippen LogP contribution in [0.15, 0.2) is 10.6 Å². The molecule has 2 N–H and O–H groups in total. The van der Waals surface area contributed by atoms with Crippen LogP contribution in [0.4, 0.5) is 10.8 Å². The molecule has 2 fully saturated rings. The van der Waals surface area contributed by atoms with Crippen LogP contribution in [0.3, 0.4) is 0 Å². The fourth-order valence-electron chi connectivity index (χ4n) is 8.39. The number of rotatable bonds is 8. The van der Waals surface area contributed by atoms with Crippen LogP contribution < -0.4 is 15.4 Å². The highest BCUT2D eigenvalue weighted by Gasteiger charge is 2.44. The number of carbonyl (C=O) groups excluding carboxylic acids is 1. The van der Waals surface area contributed by atoms with E-state index in [0.29, 0.717) is 47.1 Å². The SMILES string of the molecule is CCCc1c(-c2nc(O[C@@H](C)[C@@H]3CCCN3C)cc(N3C[C@H](C)N(C(C)=O)[C@@H](C)C3)n2)noc1[C@@]1(C)CCCc2sc(N)c(C#N)c21. The predicted molar refractivity (Wildman–Crippen MR) is 184 cm³/mol. The molecular formula is C35H48N8O3S. The summed E-state index contributed by atoms with van der Waals surface area (Å²) >= 11 is 1.52. The van der Waals surface area contributed by atoms with Gasteiger partial charge in [-0.1, -0.05) is 18.5 Å². The minimum Gasteiger partial charge on any atom is -0.473 e. The number of hydrogen-bond acceptors (Lipinski definition) is 11. The molecule has 47 heavy (non-hydrogen) atoms. The first-order chi connectivity index (χ1) is 22.5. The van der Waals surface area contributed by atoms with E-state index in [-0.39, 0.29) is 24.1 Å². The van der Waals surface area contributed by atoms with Crippen LogP contribution >= 0.6 is 11.3 Å². The minimum atomic E-state index is -0.547. The number of nitrogens with two attached hydrogens (primary N) is 1. The summed E-state index contributed by atoms with van der Waals surface area (Å²) in [5.74, 6) is 2.55. The maximum absolute atomic E-state index is 12.4. The molecule has 6 rings (SSSR count). The Morgan fingerprint density at radius 3 is 2.66 bits per heavy atom. The first-order valence-electron chi connectivity index (χ1n) is 17.1. The van der Waals surface area contributed by atoms with Crippen molar-refractivity contribution in [3.05, 3.63) is 33.4 Å². The summed E-state index contributed by atoms with van der Waals surface area (Å²) in [6.07, 6.45) is 6.45. The lowest BCUT2D eigenvalue weighted by Crippen LogP contribution is -2.58. The first kappa shape index (κ1) is 33.2. The van der Waals surface area contributed by atoms with Gasteiger partial charge in [-0.25, -0.2) is 4.98 Å². The van der Waals surface area contributed by atoms with E-state index in [2.05, 4.69) is 62.7 Å². The van der Waals surface area contributed by atoms with Crippen LogP contribution in [0.1, 0.15) is 101 Å². The van der Waals surface area contributed by atoms with Gasteiger partial charge in [-0.2, -0.15) is 10.2 Å². The van der Waals surface area contributed by atoms with Gasteiger partial charge in [0.2, 0.25) is 11.8 Å². The van der Waals surface area contributed by atoms with Gasteiger partial charge in [-0.15, -0.1) is 11.3 Å². The van der Waals surface area contributed by atoms with Gasteiger partial charge < -0.3 is 24.8 Å². The summed E-state index contributed by atoms with van der Waals surface area (Å²) in [5.41, 5.74) is 8.91. The molecule has 3 aromatic rings. The van der Waals surface area contributed by atoms with Crippen molar-refractivity contribution in [1.82, 2.24) is 24.9 Å². The van der Waals surface area contributed by atoms with Gasteiger partial charge in [0.25, 0.3) is 0 Å². The number of hydrogen-bond donors (Lipinski definition) is 1. The lowest BCUT2D eigenvalue weighted by Gasteiger charge is -2.44.